The number of aryl methyl sites for hydroxylation is 3. The molecule has 0 atom stereocenters. The smallest absolute Gasteiger partial charge is 0.324 e. The van der Waals surface area contributed by atoms with E-state index in [1.165, 1.54) is 0 Å². The van der Waals surface area contributed by atoms with Crippen LogP contribution in [0.15, 0.2) is 30.5 Å². The molecule has 7 nitrogen and oxygen atoms in total. The van der Waals surface area contributed by atoms with E-state index in [0.29, 0.717) is 18.6 Å². The molecule has 1 aromatic carbocycles. The van der Waals surface area contributed by atoms with Crippen LogP contribution in [0.3, 0.4) is 0 Å². The van der Waals surface area contributed by atoms with Crippen molar-refractivity contribution in [3.8, 4) is 11.8 Å². The molecule has 29 heavy (non-hydrogen) atoms. The lowest BCUT2D eigenvalue weighted by atomic mass is 10.1. The van der Waals surface area contributed by atoms with E-state index >= 15 is 0 Å². The number of hydrogen-bond acceptors (Lipinski definition) is 6. The highest BCUT2D eigenvalue weighted by atomic mass is 16.6. The number of esters is 1. The van der Waals surface area contributed by atoms with Gasteiger partial charge in [-0.15, -0.1) is 0 Å². The zero-order valence-electron chi connectivity index (χ0n) is 17.7. The second-order valence-electron chi connectivity index (χ2n) is 7.82. The molecule has 0 saturated carbocycles. The first-order chi connectivity index (χ1) is 13.8. The van der Waals surface area contributed by atoms with E-state index in [9.17, 15) is 4.79 Å². The highest BCUT2D eigenvalue weighted by Crippen LogP contribution is 2.23. The van der Waals surface area contributed by atoms with Gasteiger partial charge in [-0.1, -0.05) is 19.1 Å². The molecule has 0 N–H and O–H groups in total. The summed E-state index contributed by atoms with van der Waals surface area (Å²) >= 11 is 0. The molecule has 3 rings (SSSR count). The monoisotopic (exact) mass is 396 g/mol. The lowest BCUT2D eigenvalue weighted by Gasteiger charge is -2.19. The molecule has 0 spiro atoms. The Morgan fingerprint density at radius 3 is 2.66 bits per heavy atom. The van der Waals surface area contributed by atoms with Gasteiger partial charge in [0.25, 0.3) is 0 Å². The number of hydrogen-bond donors (Lipinski definition) is 0. The van der Waals surface area contributed by atoms with Gasteiger partial charge in [-0.25, -0.2) is 9.97 Å². The molecule has 0 unspecified atom stereocenters. The first kappa shape index (κ1) is 20.8. The van der Waals surface area contributed by atoms with Crippen LogP contribution in [0.4, 0.5) is 0 Å². The van der Waals surface area contributed by atoms with Gasteiger partial charge in [0, 0.05) is 19.4 Å². The molecule has 0 amide bonds. The predicted octanol–water partition coefficient (Wildman–Crippen LogP) is 4.48. The average molecular weight is 396 g/mol. The van der Waals surface area contributed by atoms with Gasteiger partial charge in [0.1, 0.15) is 22.7 Å². The van der Waals surface area contributed by atoms with Crippen LogP contribution in [0.5, 0.6) is 11.8 Å². The Bertz CT molecular complexity index is 1000. The molecule has 0 aliphatic rings. The third-order valence-electron chi connectivity index (χ3n) is 4.32. The van der Waals surface area contributed by atoms with Crippen molar-refractivity contribution >= 4 is 17.1 Å². The van der Waals surface area contributed by atoms with Crippen LogP contribution in [0, 0.1) is 0 Å². The van der Waals surface area contributed by atoms with Crippen LogP contribution >= 0.6 is 0 Å². The van der Waals surface area contributed by atoms with E-state index in [2.05, 4.69) is 33.4 Å². The molecule has 0 bridgehead atoms. The Morgan fingerprint density at radius 2 is 1.97 bits per heavy atom. The van der Waals surface area contributed by atoms with Gasteiger partial charge >= 0.3 is 12.0 Å². The lowest BCUT2D eigenvalue weighted by Crippen LogP contribution is -2.24. The minimum atomic E-state index is -0.472. The van der Waals surface area contributed by atoms with Crippen molar-refractivity contribution in [3.05, 3.63) is 41.9 Å². The van der Waals surface area contributed by atoms with Crippen molar-refractivity contribution in [1.82, 2.24) is 19.5 Å². The molecule has 0 fully saturated rings. The van der Waals surface area contributed by atoms with Crippen molar-refractivity contribution in [1.29, 1.82) is 0 Å². The van der Waals surface area contributed by atoms with E-state index in [-0.39, 0.29) is 12.0 Å². The molecular formula is C22H28N4O3. The molecule has 7 heteroatoms. The Labute approximate surface area is 171 Å². The predicted molar refractivity (Wildman–Crippen MR) is 111 cm³/mol. The van der Waals surface area contributed by atoms with Crippen LogP contribution in [0.2, 0.25) is 0 Å². The second kappa shape index (κ2) is 8.59. The maximum Gasteiger partial charge on any atom is 0.324 e. The van der Waals surface area contributed by atoms with E-state index in [0.717, 1.165) is 35.5 Å². The summed E-state index contributed by atoms with van der Waals surface area (Å²) in [6.45, 7) is 10.5. The third kappa shape index (κ3) is 5.31. The Kier molecular flexibility index (Phi) is 6.15. The number of carbonyl (C=O) groups is 1. The van der Waals surface area contributed by atoms with E-state index in [1.807, 2.05) is 45.0 Å². The molecule has 0 saturated heterocycles. The van der Waals surface area contributed by atoms with Gasteiger partial charge in [0.05, 0.1) is 6.20 Å². The Hall–Kier alpha value is -2.96. The minimum Gasteiger partial charge on any atom is -0.460 e. The number of ether oxygens (including phenoxy) is 2. The van der Waals surface area contributed by atoms with Crippen LogP contribution in [-0.4, -0.2) is 31.1 Å². The molecule has 2 heterocycles. The molecule has 0 radical (unpaired) electrons. The van der Waals surface area contributed by atoms with E-state index in [1.54, 1.807) is 6.20 Å². The van der Waals surface area contributed by atoms with Crippen LogP contribution in [0.25, 0.3) is 11.2 Å². The summed E-state index contributed by atoms with van der Waals surface area (Å²) in [5.41, 5.74) is 2.06. The molecule has 154 valence electrons. The molecular weight excluding hydrogens is 368 g/mol. The van der Waals surface area contributed by atoms with Crippen molar-refractivity contribution < 1.29 is 14.3 Å². The Balaban J connectivity index is 1.72. The summed E-state index contributed by atoms with van der Waals surface area (Å²) in [4.78, 5) is 25.3. The number of aromatic nitrogens is 4. The van der Waals surface area contributed by atoms with Crippen LogP contribution in [0.1, 0.15) is 52.4 Å². The lowest BCUT2D eigenvalue weighted by molar-refractivity contribution is -0.154. The van der Waals surface area contributed by atoms with E-state index < -0.39 is 5.60 Å². The summed E-state index contributed by atoms with van der Waals surface area (Å²) in [6.07, 6.45) is 3.42. The average Bonchev–Trinajstić information content (AvgIpc) is 3.02. The first-order valence-electron chi connectivity index (χ1n) is 10.00. The maximum absolute atomic E-state index is 11.9. The van der Waals surface area contributed by atoms with Crippen molar-refractivity contribution in [2.24, 2.45) is 0 Å². The SMILES string of the molecule is CCc1nc2cnc(Oc3cccc(CCC(=O)OC(C)(C)C)c3)nc2n1CC. The standard InChI is InChI=1S/C22H28N4O3/c1-6-18-24-17-14-23-21(25-20(17)26(18)7-2)28-16-10-8-9-15(13-16)11-12-19(27)29-22(3,4)5/h8-10,13-14H,6-7,11-12H2,1-5H3. The molecule has 0 aliphatic heterocycles. The molecule has 0 aliphatic carbocycles. The number of fused-ring (bicyclic) bond motifs is 1. The minimum absolute atomic E-state index is 0.211. The van der Waals surface area contributed by atoms with Crippen molar-refractivity contribution in [2.45, 2.75) is 66.0 Å². The van der Waals surface area contributed by atoms with Gasteiger partial charge in [-0.3, -0.25) is 4.79 Å². The maximum atomic E-state index is 11.9. The van der Waals surface area contributed by atoms with Gasteiger partial charge in [0.15, 0.2) is 5.65 Å². The highest BCUT2D eigenvalue weighted by Gasteiger charge is 2.16. The van der Waals surface area contributed by atoms with Gasteiger partial charge in [-0.2, -0.15) is 4.98 Å². The number of carbonyl (C=O) groups excluding carboxylic acids is 1. The van der Waals surface area contributed by atoms with Crippen LogP contribution < -0.4 is 4.74 Å². The number of imidazole rings is 1. The topological polar surface area (TPSA) is 79.1 Å². The van der Waals surface area contributed by atoms with E-state index in [4.69, 9.17) is 9.47 Å². The Morgan fingerprint density at radius 1 is 1.17 bits per heavy atom. The fourth-order valence-electron chi connectivity index (χ4n) is 3.11. The zero-order valence-corrected chi connectivity index (χ0v) is 17.7. The fourth-order valence-corrected chi connectivity index (χ4v) is 3.11. The second-order valence-corrected chi connectivity index (χ2v) is 7.82. The molecule has 2 aromatic heterocycles. The first-order valence-corrected chi connectivity index (χ1v) is 10.00. The largest absolute Gasteiger partial charge is 0.460 e. The fraction of sp³-hybridized carbons (Fsp3) is 0.455. The van der Waals surface area contributed by atoms with Gasteiger partial charge in [-0.05, 0) is 51.8 Å². The summed E-state index contributed by atoms with van der Waals surface area (Å²) in [6, 6.07) is 7.87. The molecule has 3 aromatic rings. The quantitative estimate of drug-likeness (QED) is 0.548. The zero-order chi connectivity index (χ0) is 21.0. The summed E-state index contributed by atoms with van der Waals surface area (Å²) in [7, 11) is 0. The normalized spacial score (nSPS) is 11.6. The van der Waals surface area contributed by atoms with Crippen molar-refractivity contribution in [3.63, 3.8) is 0 Å². The number of rotatable bonds is 7. The van der Waals surface area contributed by atoms with Crippen molar-refractivity contribution in [2.75, 3.05) is 0 Å². The summed E-state index contributed by atoms with van der Waals surface area (Å²) < 4.78 is 13.3. The highest BCUT2D eigenvalue weighted by molar-refractivity contribution is 5.71. The third-order valence-corrected chi connectivity index (χ3v) is 4.32. The summed E-state index contributed by atoms with van der Waals surface area (Å²) in [5, 5.41) is 0. The van der Waals surface area contributed by atoms with Gasteiger partial charge in [0.2, 0.25) is 0 Å². The van der Waals surface area contributed by atoms with Crippen LogP contribution in [-0.2, 0) is 28.9 Å². The van der Waals surface area contributed by atoms with Gasteiger partial charge < -0.3 is 14.0 Å². The number of benzene rings is 1. The number of nitrogens with zero attached hydrogens (tertiary/aromatic N) is 4. The summed E-state index contributed by atoms with van der Waals surface area (Å²) in [5.74, 6) is 1.40.